The van der Waals surface area contributed by atoms with Crippen molar-refractivity contribution in [3.63, 3.8) is 0 Å². The van der Waals surface area contributed by atoms with Crippen LogP contribution in [-0.2, 0) is 0 Å². The minimum atomic E-state index is 0.0307. The molecule has 0 bridgehead atoms. The number of fused-ring (bicyclic) bond motifs is 1. The lowest BCUT2D eigenvalue weighted by molar-refractivity contribution is 0.168. The first-order valence-corrected chi connectivity index (χ1v) is 6.86. The highest BCUT2D eigenvalue weighted by Crippen LogP contribution is 2.38. The molecule has 0 saturated carbocycles. The van der Waals surface area contributed by atoms with Crippen molar-refractivity contribution in [2.45, 2.75) is 39.2 Å². The van der Waals surface area contributed by atoms with Crippen LogP contribution in [0.25, 0.3) is 0 Å². The van der Waals surface area contributed by atoms with Gasteiger partial charge >= 0.3 is 0 Å². The molecule has 1 aromatic rings. The van der Waals surface area contributed by atoms with Crippen molar-refractivity contribution in [2.24, 2.45) is 11.7 Å². The van der Waals surface area contributed by atoms with Gasteiger partial charge < -0.3 is 15.2 Å². The second-order valence-corrected chi connectivity index (χ2v) is 5.11. The van der Waals surface area contributed by atoms with Gasteiger partial charge in [0.25, 0.3) is 0 Å². The number of hydrogen-bond donors (Lipinski definition) is 1. The Balaban J connectivity index is 2.12. The smallest absolute Gasteiger partial charge is 0.166 e. The Morgan fingerprint density at radius 1 is 1.28 bits per heavy atom. The zero-order valence-electron chi connectivity index (χ0n) is 11.3. The van der Waals surface area contributed by atoms with E-state index in [0.717, 1.165) is 23.5 Å². The van der Waals surface area contributed by atoms with Crippen molar-refractivity contribution in [3.8, 4) is 11.5 Å². The standard InChI is InChI=1S/C15H23NO2/c1-3-5-11(2)10-13(16)12-6-4-7-14-15(12)18-9-8-17-14/h4,6-7,11,13H,3,5,8-10,16H2,1-2H3. The van der Waals surface area contributed by atoms with E-state index < -0.39 is 0 Å². The van der Waals surface area contributed by atoms with Gasteiger partial charge in [0.15, 0.2) is 11.5 Å². The molecule has 3 heteroatoms. The molecule has 2 N–H and O–H groups in total. The monoisotopic (exact) mass is 249 g/mol. The molecule has 0 saturated heterocycles. The quantitative estimate of drug-likeness (QED) is 0.871. The minimum absolute atomic E-state index is 0.0307. The number of para-hydroxylation sites is 1. The van der Waals surface area contributed by atoms with Gasteiger partial charge in [-0.1, -0.05) is 38.8 Å². The van der Waals surface area contributed by atoms with Gasteiger partial charge in [-0.2, -0.15) is 0 Å². The second kappa shape index (κ2) is 6.10. The van der Waals surface area contributed by atoms with Crippen molar-refractivity contribution in [1.82, 2.24) is 0 Å². The van der Waals surface area contributed by atoms with Gasteiger partial charge in [-0.05, 0) is 18.4 Å². The minimum Gasteiger partial charge on any atom is -0.486 e. The number of benzene rings is 1. The Morgan fingerprint density at radius 3 is 2.83 bits per heavy atom. The topological polar surface area (TPSA) is 44.5 Å². The van der Waals surface area contributed by atoms with E-state index in [9.17, 15) is 0 Å². The summed E-state index contributed by atoms with van der Waals surface area (Å²) in [5.74, 6) is 2.32. The first kappa shape index (κ1) is 13.2. The molecule has 100 valence electrons. The lowest BCUT2D eigenvalue weighted by Gasteiger charge is -2.24. The highest BCUT2D eigenvalue weighted by Gasteiger charge is 2.20. The van der Waals surface area contributed by atoms with Gasteiger partial charge in [0.1, 0.15) is 13.2 Å². The van der Waals surface area contributed by atoms with Crippen LogP contribution in [-0.4, -0.2) is 13.2 Å². The van der Waals surface area contributed by atoms with Crippen LogP contribution in [0.3, 0.4) is 0 Å². The van der Waals surface area contributed by atoms with Crippen LogP contribution in [0.2, 0.25) is 0 Å². The molecule has 0 amide bonds. The molecule has 1 aromatic carbocycles. The molecular formula is C15H23NO2. The summed E-state index contributed by atoms with van der Waals surface area (Å²) in [6.07, 6.45) is 3.42. The summed E-state index contributed by atoms with van der Waals surface area (Å²) in [6.45, 7) is 5.71. The highest BCUT2D eigenvalue weighted by molar-refractivity contribution is 5.48. The summed E-state index contributed by atoms with van der Waals surface area (Å²) in [4.78, 5) is 0. The summed E-state index contributed by atoms with van der Waals surface area (Å²) in [5, 5.41) is 0. The number of ether oxygens (including phenoxy) is 2. The fourth-order valence-electron chi connectivity index (χ4n) is 2.56. The maximum atomic E-state index is 6.31. The molecule has 0 fully saturated rings. The van der Waals surface area contributed by atoms with Crippen LogP contribution >= 0.6 is 0 Å². The first-order chi connectivity index (χ1) is 8.72. The van der Waals surface area contributed by atoms with Crippen LogP contribution in [0.5, 0.6) is 11.5 Å². The molecule has 1 aliphatic rings. The Morgan fingerprint density at radius 2 is 2.06 bits per heavy atom. The Bertz CT molecular complexity index is 392. The van der Waals surface area contributed by atoms with Gasteiger partial charge in [-0.15, -0.1) is 0 Å². The SMILES string of the molecule is CCCC(C)CC(N)c1cccc2c1OCCO2. The van der Waals surface area contributed by atoms with E-state index >= 15 is 0 Å². The third-order valence-electron chi connectivity index (χ3n) is 3.43. The van der Waals surface area contributed by atoms with E-state index in [1.54, 1.807) is 0 Å². The van der Waals surface area contributed by atoms with E-state index in [1.165, 1.54) is 12.8 Å². The molecule has 0 radical (unpaired) electrons. The van der Waals surface area contributed by atoms with Crippen molar-refractivity contribution in [3.05, 3.63) is 23.8 Å². The molecule has 2 rings (SSSR count). The average Bonchev–Trinajstić information content (AvgIpc) is 2.38. The van der Waals surface area contributed by atoms with Crippen LogP contribution in [0, 0.1) is 5.92 Å². The van der Waals surface area contributed by atoms with Gasteiger partial charge in [0.2, 0.25) is 0 Å². The molecule has 3 nitrogen and oxygen atoms in total. The van der Waals surface area contributed by atoms with E-state index in [-0.39, 0.29) is 6.04 Å². The van der Waals surface area contributed by atoms with Gasteiger partial charge in [-0.3, -0.25) is 0 Å². The normalized spacial score (nSPS) is 17.3. The Kier molecular flexibility index (Phi) is 4.48. The zero-order valence-corrected chi connectivity index (χ0v) is 11.3. The number of rotatable bonds is 5. The van der Waals surface area contributed by atoms with Crippen LogP contribution in [0.4, 0.5) is 0 Å². The molecule has 0 aliphatic carbocycles. The van der Waals surface area contributed by atoms with E-state index in [4.69, 9.17) is 15.2 Å². The van der Waals surface area contributed by atoms with Crippen molar-refractivity contribution < 1.29 is 9.47 Å². The Hall–Kier alpha value is -1.22. The fraction of sp³-hybridized carbons (Fsp3) is 0.600. The van der Waals surface area contributed by atoms with E-state index in [1.807, 2.05) is 12.1 Å². The van der Waals surface area contributed by atoms with E-state index in [2.05, 4.69) is 19.9 Å². The van der Waals surface area contributed by atoms with Crippen molar-refractivity contribution in [1.29, 1.82) is 0 Å². The Labute approximate surface area is 109 Å². The van der Waals surface area contributed by atoms with Crippen molar-refractivity contribution >= 4 is 0 Å². The predicted molar refractivity (Wildman–Crippen MR) is 73.0 cm³/mol. The largest absolute Gasteiger partial charge is 0.486 e. The molecule has 1 heterocycles. The third-order valence-corrected chi connectivity index (χ3v) is 3.43. The van der Waals surface area contributed by atoms with Gasteiger partial charge in [-0.25, -0.2) is 0 Å². The maximum Gasteiger partial charge on any atom is 0.166 e. The molecular weight excluding hydrogens is 226 g/mol. The number of hydrogen-bond acceptors (Lipinski definition) is 3. The maximum absolute atomic E-state index is 6.31. The zero-order chi connectivity index (χ0) is 13.0. The summed E-state index contributed by atoms with van der Waals surface area (Å²) in [7, 11) is 0. The fourth-order valence-corrected chi connectivity index (χ4v) is 2.56. The lowest BCUT2D eigenvalue weighted by Crippen LogP contribution is -2.20. The molecule has 1 aliphatic heterocycles. The van der Waals surface area contributed by atoms with Crippen LogP contribution in [0.15, 0.2) is 18.2 Å². The average molecular weight is 249 g/mol. The van der Waals surface area contributed by atoms with Gasteiger partial charge in [0, 0.05) is 11.6 Å². The molecule has 0 spiro atoms. The van der Waals surface area contributed by atoms with Crippen molar-refractivity contribution in [2.75, 3.05) is 13.2 Å². The third kappa shape index (κ3) is 2.96. The molecule has 2 unspecified atom stereocenters. The molecule has 18 heavy (non-hydrogen) atoms. The van der Waals surface area contributed by atoms with Gasteiger partial charge in [0.05, 0.1) is 0 Å². The summed E-state index contributed by atoms with van der Waals surface area (Å²) in [5.41, 5.74) is 7.39. The summed E-state index contributed by atoms with van der Waals surface area (Å²) >= 11 is 0. The molecule has 0 aromatic heterocycles. The number of nitrogens with two attached hydrogens (primary N) is 1. The lowest BCUT2D eigenvalue weighted by atomic mass is 9.93. The summed E-state index contributed by atoms with van der Waals surface area (Å²) < 4.78 is 11.3. The summed E-state index contributed by atoms with van der Waals surface area (Å²) in [6, 6.07) is 6.02. The highest BCUT2D eigenvalue weighted by atomic mass is 16.6. The van der Waals surface area contributed by atoms with Crippen LogP contribution < -0.4 is 15.2 Å². The predicted octanol–water partition coefficient (Wildman–Crippen LogP) is 3.28. The van der Waals surface area contributed by atoms with E-state index in [0.29, 0.717) is 19.1 Å². The second-order valence-electron chi connectivity index (χ2n) is 5.11. The van der Waals surface area contributed by atoms with Crippen LogP contribution in [0.1, 0.15) is 44.7 Å². The molecule has 2 atom stereocenters. The first-order valence-electron chi connectivity index (χ1n) is 6.86.